The molecule has 0 aromatic heterocycles. The molecule has 1 spiro atoms. The summed E-state index contributed by atoms with van der Waals surface area (Å²) in [6, 6.07) is 4.21. The lowest BCUT2D eigenvalue weighted by Gasteiger charge is -2.42. The number of rotatable bonds is 1. The van der Waals surface area contributed by atoms with Gasteiger partial charge in [0, 0.05) is 6.07 Å². The molecule has 0 amide bonds. The molecule has 102 valence electrons. The van der Waals surface area contributed by atoms with Crippen LogP contribution in [-0.2, 0) is 0 Å². The molecule has 1 aliphatic heterocycles. The Bertz CT molecular complexity index is 501. The number of ketones is 1. The molecule has 1 aromatic carbocycles. The van der Waals surface area contributed by atoms with Crippen LogP contribution in [0.15, 0.2) is 18.2 Å². The zero-order valence-electron chi connectivity index (χ0n) is 11.2. The van der Waals surface area contributed by atoms with Crippen LogP contribution in [0.4, 0.5) is 4.39 Å². The summed E-state index contributed by atoms with van der Waals surface area (Å²) in [5, 5.41) is 0. The van der Waals surface area contributed by atoms with Crippen molar-refractivity contribution in [2.24, 2.45) is 5.92 Å². The van der Waals surface area contributed by atoms with E-state index in [1.54, 1.807) is 0 Å². The van der Waals surface area contributed by atoms with Gasteiger partial charge in [0.05, 0.1) is 12.0 Å². The van der Waals surface area contributed by atoms with Crippen molar-refractivity contribution in [1.29, 1.82) is 0 Å². The van der Waals surface area contributed by atoms with Gasteiger partial charge in [-0.15, -0.1) is 0 Å². The topological polar surface area (TPSA) is 26.3 Å². The Morgan fingerprint density at radius 3 is 2.79 bits per heavy atom. The van der Waals surface area contributed by atoms with Crippen LogP contribution >= 0.6 is 0 Å². The Hall–Kier alpha value is -1.38. The highest BCUT2D eigenvalue weighted by atomic mass is 19.1. The monoisotopic (exact) mass is 262 g/mol. The number of halogens is 1. The van der Waals surface area contributed by atoms with Gasteiger partial charge in [-0.2, -0.15) is 0 Å². The predicted molar refractivity (Wildman–Crippen MR) is 71.0 cm³/mol. The summed E-state index contributed by atoms with van der Waals surface area (Å²) < 4.78 is 19.3. The van der Waals surface area contributed by atoms with Crippen LogP contribution in [0.3, 0.4) is 0 Å². The quantitative estimate of drug-likeness (QED) is 0.760. The maximum atomic E-state index is 13.3. The average molecular weight is 262 g/mol. The van der Waals surface area contributed by atoms with E-state index in [2.05, 4.69) is 6.92 Å². The molecule has 3 heteroatoms. The number of carbonyl (C=O) groups excluding carboxylic acids is 1. The maximum Gasteiger partial charge on any atom is 0.170 e. The van der Waals surface area contributed by atoms with Crippen LogP contribution in [0.5, 0.6) is 5.75 Å². The van der Waals surface area contributed by atoms with Gasteiger partial charge in [0.15, 0.2) is 5.78 Å². The summed E-state index contributed by atoms with van der Waals surface area (Å²) in [7, 11) is 0. The van der Waals surface area contributed by atoms with E-state index >= 15 is 0 Å². The SMILES string of the molecule is CCC1CCC2(CC1)CC(=O)c1ccc(F)cc1O2. The van der Waals surface area contributed by atoms with Crippen LogP contribution in [0, 0.1) is 11.7 Å². The zero-order chi connectivity index (χ0) is 13.5. The molecule has 1 saturated carbocycles. The molecule has 3 rings (SSSR count). The molecule has 1 heterocycles. The highest BCUT2D eigenvalue weighted by molar-refractivity contribution is 6.00. The first kappa shape index (κ1) is 12.6. The second kappa shape index (κ2) is 4.62. The summed E-state index contributed by atoms with van der Waals surface area (Å²) in [4.78, 5) is 12.2. The van der Waals surface area contributed by atoms with E-state index in [-0.39, 0.29) is 17.2 Å². The fraction of sp³-hybridized carbons (Fsp3) is 0.562. The number of hydrogen-bond donors (Lipinski definition) is 0. The van der Waals surface area contributed by atoms with Crippen LogP contribution in [0.25, 0.3) is 0 Å². The standard InChI is InChI=1S/C16H19FO2/c1-2-11-5-7-16(8-6-11)10-14(18)13-4-3-12(17)9-15(13)19-16/h3-4,9,11H,2,5-8,10H2,1H3. The maximum absolute atomic E-state index is 13.3. The first-order chi connectivity index (χ1) is 9.12. The summed E-state index contributed by atoms with van der Waals surface area (Å²) in [5.74, 6) is 0.937. The summed E-state index contributed by atoms with van der Waals surface area (Å²) in [6.45, 7) is 2.21. The van der Waals surface area contributed by atoms with Gasteiger partial charge in [-0.3, -0.25) is 4.79 Å². The second-order valence-corrected chi connectivity index (χ2v) is 5.88. The first-order valence-corrected chi connectivity index (χ1v) is 7.14. The van der Waals surface area contributed by atoms with E-state index in [0.717, 1.165) is 31.6 Å². The minimum atomic E-state index is -0.371. The summed E-state index contributed by atoms with van der Waals surface area (Å²) >= 11 is 0. The Balaban J connectivity index is 1.86. The van der Waals surface area contributed by atoms with Crippen LogP contribution < -0.4 is 4.74 Å². The summed E-state index contributed by atoms with van der Waals surface area (Å²) in [6.07, 6.45) is 5.67. The first-order valence-electron chi connectivity index (χ1n) is 7.14. The molecule has 0 atom stereocenters. The molecule has 0 radical (unpaired) electrons. The van der Waals surface area contributed by atoms with E-state index in [0.29, 0.717) is 17.7 Å². The fourth-order valence-electron chi connectivity index (χ4n) is 3.36. The third-order valence-electron chi connectivity index (χ3n) is 4.65. The van der Waals surface area contributed by atoms with Gasteiger partial charge in [0.1, 0.15) is 17.2 Å². The second-order valence-electron chi connectivity index (χ2n) is 5.88. The number of hydrogen-bond acceptors (Lipinski definition) is 2. The van der Waals surface area contributed by atoms with Crippen LogP contribution in [0.2, 0.25) is 0 Å². The Kier molecular flexibility index (Phi) is 3.08. The van der Waals surface area contributed by atoms with Crippen LogP contribution in [-0.4, -0.2) is 11.4 Å². The molecule has 0 unspecified atom stereocenters. The molecule has 0 bridgehead atoms. The van der Waals surface area contributed by atoms with E-state index < -0.39 is 0 Å². The number of benzene rings is 1. The van der Waals surface area contributed by atoms with Gasteiger partial charge in [0.25, 0.3) is 0 Å². The smallest absolute Gasteiger partial charge is 0.170 e. The molecule has 1 aliphatic carbocycles. The van der Waals surface area contributed by atoms with Gasteiger partial charge in [-0.25, -0.2) is 4.39 Å². The van der Waals surface area contributed by atoms with Crippen molar-refractivity contribution in [3.05, 3.63) is 29.6 Å². The van der Waals surface area contributed by atoms with Crippen LogP contribution in [0.1, 0.15) is 55.8 Å². The van der Waals surface area contributed by atoms with Gasteiger partial charge in [0.2, 0.25) is 0 Å². The van der Waals surface area contributed by atoms with Gasteiger partial charge >= 0.3 is 0 Å². The predicted octanol–water partition coefficient (Wildman–Crippen LogP) is 4.13. The van der Waals surface area contributed by atoms with E-state index in [9.17, 15) is 9.18 Å². The minimum absolute atomic E-state index is 0.0937. The lowest BCUT2D eigenvalue weighted by Crippen LogP contribution is -2.44. The number of ether oxygens (including phenoxy) is 1. The Labute approximate surface area is 113 Å². The average Bonchev–Trinajstić information content (AvgIpc) is 2.39. The van der Waals surface area contributed by atoms with E-state index in [4.69, 9.17) is 4.74 Å². The van der Waals surface area contributed by atoms with Gasteiger partial charge in [-0.1, -0.05) is 13.3 Å². The Morgan fingerprint density at radius 2 is 2.11 bits per heavy atom. The molecule has 2 nitrogen and oxygen atoms in total. The molecule has 1 fully saturated rings. The van der Waals surface area contributed by atoms with Gasteiger partial charge < -0.3 is 4.74 Å². The number of carbonyl (C=O) groups is 1. The lowest BCUT2D eigenvalue weighted by atomic mass is 9.74. The molecule has 1 aromatic rings. The molecular formula is C16H19FO2. The Morgan fingerprint density at radius 1 is 1.37 bits per heavy atom. The highest BCUT2D eigenvalue weighted by Crippen LogP contribution is 2.43. The molecular weight excluding hydrogens is 243 g/mol. The number of fused-ring (bicyclic) bond motifs is 1. The molecule has 0 saturated heterocycles. The summed E-state index contributed by atoms with van der Waals surface area (Å²) in [5.41, 5.74) is 0.161. The van der Waals surface area contributed by atoms with E-state index in [1.807, 2.05) is 0 Å². The van der Waals surface area contributed by atoms with Crippen molar-refractivity contribution < 1.29 is 13.9 Å². The third kappa shape index (κ3) is 2.26. The van der Waals surface area contributed by atoms with E-state index in [1.165, 1.54) is 24.6 Å². The van der Waals surface area contributed by atoms with Crippen molar-refractivity contribution in [1.82, 2.24) is 0 Å². The third-order valence-corrected chi connectivity index (χ3v) is 4.65. The largest absolute Gasteiger partial charge is 0.486 e. The van der Waals surface area contributed by atoms with Crippen molar-refractivity contribution in [2.75, 3.05) is 0 Å². The lowest BCUT2D eigenvalue weighted by molar-refractivity contribution is 0.00153. The minimum Gasteiger partial charge on any atom is -0.486 e. The fourth-order valence-corrected chi connectivity index (χ4v) is 3.36. The van der Waals surface area contributed by atoms with Crippen molar-refractivity contribution in [2.45, 2.75) is 51.0 Å². The molecule has 19 heavy (non-hydrogen) atoms. The van der Waals surface area contributed by atoms with Crippen molar-refractivity contribution in [3.63, 3.8) is 0 Å². The zero-order valence-corrected chi connectivity index (χ0v) is 11.2. The highest BCUT2D eigenvalue weighted by Gasteiger charge is 2.42. The number of Topliss-reactive ketones (excluding diaryl/α,β-unsaturated/α-hetero) is 1. The normalized spacial score (nSPS) is 30.0. The molecule has 2 aliphatic rings. The molecule has 0 N–H and O–H groups in total. The van der Waals surface area contributed by atoms with Crippen molar-refractivity contribution >= 4 is 5.78 Å². The van der Waals surface area contributed by atoms with Gasteiger partial charge in [-0.05, 0) is 43.7 Å². The van der Waals surface area contributed by atoms with Crippen molar-refractivity contribution in [3.8, 4) is 5.75 Å².